The number of alkyl halides is 3. The van der Waals surface area contributed by atoms with Crippen LogP contribution in [0.15, 0.2) is 42.6 Å². The second-order valence-corrected chi connectivity index (χ2v) is 8.80. The molecule has 2 amide bonds. The molecular formula is C24H20ClF3N4O2. The average molecular weight is 489 g/mol. The first-order chi connectivity index (χ1) is 16.1. The summed E-state index contributed by atoms with van der Waals surface area (Å²) in [6.07, 6.45) is -3.17. The number of H-pyrrole nitrogens is 1. The number of imide groups is 1. The number of fused-ring (bicyclic) bond motifs is 1. The maximum Gasteiger partial charge on any atom is 0.417 e. The van der Waals surface area contributed by atoms with Gasteiger partial charge in [0, 0.05) is 60.1 Å². The van der Waals surface area contributed by atoms with Gasteiger partial charge in [-0.1, -0.05) is 29.8 Å². The molecule has 2 N–H and O–H groups in total. The number of amides is 2. The quantitative estimate of drug-likeness (QED) is 0.543. The molecule has 0 saturated carbocycles. The zero-order valence-electron chi connectivity index (χ0n) is 18.1. The van der Waals surface area contributed by atoms with Crippen LogP contribution in [0.25, 0.3) is 22.0 Å². The molecular weight excluding hydrogens is 469 g/mol. The van der Waals surface area contributed by atoms with Crippen LogP contribution in [-0.4, -0.2) is 54.9 Å². The van der Waals surface area contributed by atoms with Crippen LogP contribution in [0, 0.1) is 0 Å². The van der Waals surface area contributed by atoms with Gasteiger partial charge in [-0.05, 0) is 25.2 Å². The van der Waals surface area contributed by atoms with Crippen molar-refractivity contribution >= 4 is 51.2 Å². The zero-order valence-corrected chi connectivity index (χ0v) is 18.8. The number of halogens is 4. The van der Waals surface area contributed by atoms with Crippen molar-refractivity contribution in [2.75, 3.05) is 38.1 Å². The van der Waals surface area contributed by atoms with Crippen molar-refractivity contribution < 1.29 is 22.8 Å². The van der Waals surface area contributed by atoms with Gasteiger partial charge < -0.3 is 14.8 Å². The van der Waals surface area contributed by atoms with Crippen LogP contribution in [0.3, 0.4) is 0 Å². The third-order valence-corrected chi connectivity index (χ3v) is 6.70. The predicted octanol–water partition coefficient (Wildman–Crippen LogP) is 4.16. The van der Waals surface area contributed by atoms with Gasteiger partial charge >= 0.3 is 6.18 Å². The van der Waals surface area contributed by atoms with Crippen LogP contribution in [-0.2, 0) is 15.8 Å². The Bertz CT molecular complexity index is 1350. The number of rotatable bonds is 3. The van der Waals surface area contributed by atoms with Gasteiger partial charge in [0.05, 0.1) is 21.7 Å². The van der Waals surface area contributed by atoms with E-state index in [1.807, 2.05) is 18.0 Å². The number of aromatic nitrogens is 1. The van der Waals surface area contributed by atoms with E-state index in [-0.39, 0.29) is 16.7 Å². The molecule has 0 atom stereocenters. The van der Waals surface area contributed by atoms with E-state index in [1.165, 1.54) is 6.07 Å². The lowest BCUT2D eigenvalue weighted by molar-refractivity contribution is -0.137. The Hall–Kier alpha value is -3.30. The lowest BCUT2D eigenvalue weighted by Gasteiger charge is -2.34. The molecule has 1 fully saturated rings. The fourth-order valence-corrected chi connectivity index (χ4v) is 4.80. The second-order valence-electron chi connectivity index (χ2n) is 8.42. The highest BCUT2D eigenvalue weighted by Gasteiger charge is 2.40. The summed E-state index contributed by atoms with van der Waals surface area (Å²) in [6.45, 7) is 2.41. The van der Waals surface area contributed by atoms with E-state index in [1.54, 1.807) is 24.4 Å². The summed E-state index contributed by atoms with van der Waals surface area (Å²) in [6, 6.07) is 9.64. The first-order valence-electron chi connectivity index (χ1n) is 10.7. The van der Waals surface area contributed by atoms with Crippen molar-refractivity contribution in [3.63, 3.8) is 0 Å². The van der Waals surface area contributed by atoms with E-state index < -0.39 is 28.6 Å². The third kappa shape index (κ3) is 3.74. The molecule has 2 aliphatic rings. The summed E-state index contributed by atoms with van der Waals surface area (Å²) in [5.74, 6) is -1.46. The highest BCUT2D eigenvalue weighted by atomic mass is 35.5. The highest BCUT2D eigenvalue weighted by Crippen LogP contribution is 2.44. The summed E-state index contributed by atoms with van der Waals surface area (Å²) in [5.41, 5.74) is 0.118. The van der Waals surface area contributed by atoms with E-state index in [2.05, 4.69) is 15.2 Å². The lowest BCUT2D eigenvalue weighted by atomic mass is 9.94. The number of carbonyl (C=O) groups excluding carboxylic acids is 2. The molecule has 10 heteroatoms. The van der Waals surface area contributed by atoms with Crippen LogP contribution in [0.1, 0.15) is 16.7 Å². The fourth-order valence-electron chi connectivity index (χ4n) is 4.49. The average Bonchev–Trinajstić information content (AvgIpc) is 3.33. The number of nitrogens with one attached hydrogen (secondary N) is 2. The number of hydrogen-bond acceptors (Lipinski definition) is 4. The molecule has 6 nitrogen and oxygen atoms in total. The topological polar surface area (TPSA) is 68.4 Å². The smallest absolute Gasteiger partial charge is 0.369 e. The minimum atomic E-state index is -4.74. The molecule has 0 bridgehead atoms. The number of carbonyl (C=O) groups is 2. The Morgan fingerprint density at radius 1 is 0.941 bits per heavy atom. The fraction of sp³-hybridized carbons (Fsp3) is 0.250. The maximum atomic E-state index is 14.0. The van der Waals surface area contributed by atoms with Gasteiger partial charge in [0.2, 0.25) is 0 Å². The van der Waals surface area contributed by atoms with Crippen molar-refractivity contribution in [1.29, 1.82) is 0 Å². The number of likely N-dealkylation sites (N-methyl/N-ethyl adjacent to an activating group) is 1. The molecule has 1 aromatic heterocycles. The second kappa shape index (κ2) is 8.18. The first-order valence-corrected chi connectivity index (χ1v) is 11.0. The SMILES string of the molecule is CN1CCN(c2cc(C3=C(c4c[nH]c5ccccc45)C(=O)NC3=O)c(Cl)c(C(F)(F)F)c2)CC1. The molecule has 176 valence electrons. The highest BCUT2D eigenvalue weighted by molar-refractivity contribution is 6.51. The van der Waals surface area contributed by atoms with Gasteiger partial charge in [0.25, 0.3) is 11.8 Å². The number of piperazine rings is 1. The standard InChI is InChI=1S/C24H20ClF3N4O2/c1-31-6-8-32(9-7-31)13-10-15(21(25)17(11-13)24(26,27)28)19-20(23(34)30-22(19)33)16-12-29-18-5-3-2-4-14(16)18/h2-5,10-12,29H,6-9H2,1H3,(H,30,33,34). The van der Waals surface area contributed by atoms with Crippen LogP contribution in [0.5, 0.6) is 0 Å². The number of nitrogens with zero attached hydrogens (tertiary/aromatic N) is 2. The molecule has 2 aliphatic heterocycles. The van der Waals surface area contributed by atoms with Gasteiger partial charge in [0.1, 0.15) is 0 Å². The van der Waals surface area contributed by atoms with Crippen LogP contribution < -0.4 is 10.2 Å². The molecule has 1 saturated heterocycles. The minimum absolute atomic E-state index is 0.00648. The van der Waals surface area contributed by atoms with E-state index in [0.717, 1.165) is 11.6 Å². The van der Waals surface area contributed by atoms with Gasteiger partial charge in [-0.25, -0.2) is 0 Å². The first kappa shape index (κ1) is 22.5. The normalized spacial score (nSPS) is 17.7. The number of para-hydroxylation sites is 1. The number of aromatic amines is 1. The third-order valence-electron chi connectivity index (χ3n) is 6.29. The van der Waals surface area contributed by atoms with Gasteiger partial charge in [-0.15, -0.1) is 0 Å². The van der Waals surface area contributed by atoms with Gasteiger partial charge in [-0.2, -0.15) is 13.2 Å². The molecule has 0 spiro atoms. The summed E-state index contributed by atoms with van der Waals surface area (Å²) < 4.78 is 41.9. The molecule has 3 aromatic rings. The Labute approximate surface area is 198 Å². The maximum absolute atomic E-state index is 14.0. The molecule has 0 aliphatic carbocycles. The molecule has 34 heavy (non-hydrogen) atoms. The summed E-state index contributed by atoms with van der Waals surface area (Å²) in [7, 11) is 1.94. The van der Waals surface area contributed by atoms with E-state index in [0.29, 0.717) is 42.8 Å². The number of hydrogen-bond donors (Lipinski definition) is 2. The van der Waals surface area contributed by atoms with Crippen molar-refractivity contribution in [1.82, 2.24) is 15.2 Å². The lowest BCUT2D eigenvalue weighted by Crippen LogP contribution is -2.44. The summed E-state index contributed by atoms with van der Waals surface area (Å²) >= 11 is 6.29. The van der Waals surface area contributed by atoms with E-state index in [9.17, 15) is 22.8 Å². The largest absolute Gasteiger partial charge is 0.417 e. The molecule has 3 heterocycles. The molecule has 5 rings (SSSR count). The monoisotopic (exact) mass is 488 g/mol. The number of anilines is 1. The van der Waals surface area contributed by atoms with Crippen LogP contribution >= 0.6 is 11.6 Å². The number of benzene rings is 2. The van der Waals surface area contributed by atoms with Crippen molar-refractivity contribution in [2.24, 2.45) is 0 Å². The van der Waals surface area contributed by atoms with Crippen molar-refractivity contribution in [3.8, 4) is 0 Å². The Kier molecular flexibility index (Phi) is 5.41. The Morgan fingerprint density at radius 2 is 1.59 bits per heavy atom. The van der Waals surface area contributed by atoms with Crippen molar-refractivity contribution in [2.45, 2.75) is 6.18 Å². The van der Waals surface area contributed by atoms with E-state index in [4.69, 9.17) is 11.6 Å². The Morgan fingerprint density at radius 3 is 2.26 bits per heavy atom. The minimum Gasteiger partial charge on any atom is -0.369 e. The summed E-state index contributed by atoms with van der Waals surface area (Å²) in [4.78, 5) is 32.7. The van der Waals surface area contributed by atoms with E-state index >= 15 is 0 Å². The van der Waals surface area contributed by atoms with Crippen LogP contribution in [0.4, 0.5) is 18.9 Å². The molecule has 0 unspecified atom stereocenters. The zero-order chi connectivity index (χ0) is 24.2. The molecule has 0 radical (unpaired) electrons. The Balaban J connectivity index is 1.76. The van der Waals surface area contributed by atoms with Crippen LogP contribution in [0.2, 0.25) is 5.02 Å². The predicted molar refractivity (Wildman–Crippen MR) is 124 cm³/mol. The molecule has 2 aromatic carbocycles. The van der Waals surface area contributed by atoms with Gasteiger partial charge in [-0.3, -0.25) is 14.9 Å². The van der Waals surface area contributed by atoms with Gasteiger partial charge in [0.15, 0.2) is 0 Å². The summed E-state index contributed by atoms with van der Waals surface area (Å²) in [5, 5.41) is 2.29. The van der Waals surface area contributed by atoms with Crippen molar-refractivity contribution in [3.05, 3.63) is 64.3 Å².